The zero-order chi connectivity index (χ0) is 8.15. The number of hydrogen-bond donors (Lipinski definition) is 2. The third-order valence-electron chi connectivity index (χ3n) is 0.809. The van der Waals surface area contributed by atoms with Crippen molar-refractivity contribution in [2.45, 2.75) is 0 Å². The van der Waals surface area contributed by atoms with Gasteiger partial charge in [-0.1, -0.05) is 11.6 Å². The van der Waals surface area contributed by atoms with E-state index in [4.69, 9.17) is 17.3 Å². The van der Waals surface area contributed by atoms with E-state index in [2.05, 4.69) is 29.3 Å². The first-order valence-corrected chi connectivity index (χ1v) is 3.24. The molecule has 0 aromatic heterocycles. The van der Waals surface area contributed by atoms with E-state index in [1.165, 1.54) is 7.05 Å². The van der Waals surface area contributed by atoms with Gasteiger partial charge in [0, 0.05) is 7.05 Å². The molecule has 0 amide bonds. The first kappa shape index (κ1) is 9.52. The van der Waals surface area contributed by atoms with Gasteiger partial charge in [0.25, 0.3) is 0 Å². The summed E-state index contributed by atoms with van der Waals surface area (Å²) >= 11 is 9.40. The zero-order valence-electron chi connectivity index (χ0n) is 5.50. The molecule has 0 aliphatic carbocycles. The maximum absolute atomic E-state index is 5.52. The molecule has 3 nitrogen and oxygen atoms in total. The summed E-state index contributed by atoms with van der Waals surface area (Å²) in [5, 5.41) is 0.480. The molecule has 0 bridgehead atoms. The lowest BCUT2D eigenvalue weighted by molar-refractivity contribution is 1.36. The molecule has 0 radical (unpaired) electrons. The quantitative estimate of drug-likeness (QED) is 0.480. The number of aliphatic imine (C=N–C) groups is 2. The topological polar surface area (TPSA) is 50.7 Å². The molecule has 0 saturated heterocycles. The van der Waals surface area contributed by atoms with Crippen LogP contribution in [0.5, 0.6) is 0 Å². The van der Waals surface area contributed by atoms with Crippen LogP contribution in [0.2, 0.25) is 0 Å². The number of nitrogens with two attached hydrogens (primary N) is 1. The normalized spacial score (nSPS) is 14.5. The molecule has 0 saturated carbocycles. The van der Waals surface area contributed by atoms with Gasteiger partial charge in [-0.25, -0.2) is 0 Å². The van der Waals surface area contributed by atoms with Gasteiger partial charge >= 0.3 is 0 Å². The van der Waals surface area contributed by atoms with E-state index in [1.54, 1.807) is 0 Å². The smallest absolute Gasteiger partial charge is 0.149 e. The first-order chi connectivity index (χ1) is 4.63. The highest BCUT2D eigenvalue weighted by molar-refractivity contribution is 7.84. The molecule has 0 aromatic carbocycles. The predicted molar refractivity (Wildman–Crippen MR) is 49.0 cm³/mol. The fourth-order valence-electron chi connectivity index (χ4n) is 0.298. The van der Waals surface area contributed by atoms with E-state index in [9.17, 15) is 0 Å². The van der Waals surface area contributed by atoms with E-state index in [1.807, 2.05) is 0 Å². The van der Waals surface area contributed by atoms with Crippen molar-refractivity contribution in [2.75, 3.05) is 7.05 Å². The van der Waals surface area contributed by atoms with Crippen molar-refractivity contribution in [3.8, 4) is 0 Å². The van der Waals surface area contributed by atoms with Gasteiger partial charge in [-0.2, -0.15) is 0 Å². The minimum atomic E-state index is 0.192. The summed E-state index contributed by atoms with van der Waals surface area (Å²) < 4.78 is 0. The number of hydrogen-bond acceptors (Lipinski definition) is 4. The van der Waals surface area contributed by atoms with E-state index in [0.717, 1.165) is 0 Å². The van der Waals surface area contributed by atoms with Crippen LogP contribution in [0.15, 0.2) is 20.7 Å². The minimum Gasteiger partial charge on any atom is -0.394 e. The summed E-state index contributed by atoms with van der Waals surface area (Å²) in [6.45, 7) is 3.22. The van der Waals surface area contributed by atoms with Gasteiger partial charge in [-0.3, -0.25) is 9.98 Å². The Morgan fingerprint density at radius 3 is 2.50 bits per heavy atom. The Bertz CT molecular complexity index is 197. The third-order valence-corrected chi connectivity index (χ3v) is 1.56. The van der Waals surface area contributed by atoms with E-state index in [0.29, 0.717) is 0 Å². The van der Waals surface area contributed by atoms with Crippen LogP contribution in [-0.2, 0) is 0 Å². The molecular weight excluding hydrogens is 170 g/mol. The fourth-order valence-corrected chi connectivity index (χ4v) is 0.559. The third kappa shape index (κ3) is 2.41. The van der Waals surface area contributed by atoms with Gasteiger partial charge in [0.1, 0.15) is 15.9 Å². The highest BCUT2D eigenvalue weighted by atomic mass is 35.5. The van der Waals surface area contributed by atoms with Crippen molar-refractivity contribution in [1.82, 2.24) is 0 Å². The fraction of sp³-hybridized carbons (Fsp3) is 0.200. The summed E-state index contributed by atoms with van der Waals surface area (Å²) in [4.78, 5) is 7.08. The molecule has 0 aliphatic rings. The Hall–Kier alpha value is -0.480. The van der Waals surface area contributed by atoms with Crippen molar-refractivity contribution in [3.05, 3.63) is 10.7 Å². The molecule has 0 rings (SSSR count). The largest absolute Gasteiger partial charge is 0.394 e. The van der Waals surface area contributed by atoms with E-state index >= 15 is 0 Å². The zero-order valence-corrected chi connectivity index (χ0v) is 7.15. The molecule has 5 heteroatoms. The van der Waals surface area contributed by atoms with Gasteiger partial charge in [0.05, 0.1) is 0 Å². The van der Waals surface area contributed by atoms with Crippen LogP contribution in [0.4, 0.5) is 0 Å². The predicted octanol–water partition coefficient (Wildman–Crippen LogP) is 1.01. The van der Waals surface area contributed by atoms with Crippen LogP contribution in [0.3, 0.4) is 0 Å². The SMILES string of the molecule is C=N/C(S)=C(N)\C(Cl)=N/C. The van der Waals surface area contributed by atoms with Crippen LogP contribution < -0.4 is 5.73 Å². The molecular formula is C5H8ClN3S. The Kier molecular flexibility index (Phi) is 4.14. The number of thiol groups is 1. The number of rotatable bonds is 2. The molecule has 10 heavy (non-hydrogen) atoms. The summed E-state index contributed by atoms with van der Waals surface area (Å²) in [6, 6.07) is 0. The molecule has 0 atom stereocenters. The van der Waals surface area contributed by atoms with Crippen molar-refractivity contribution < 1.29 is 0 Å². The lowest BCUT2D eigenvalue weighted by atomic mass is 10.5. The van der Waals surface area contributed by atoms with Gasteiger partial charge in [-0.05, 0) is 6.72 Å². The highest BCUT2D eigenvalue weighted by Crippen LogP contribution is 2.08. The standard InChI is InChI=1S/C5H8ClN3S/c1-8-4(6)3(7)5(10)9-2/h10H,2,7H2,1H3/b5-3-,8-4+. The van der Waals surface area contributed by atoms with Crippen LogP contribution in [-0.4, -0.2) is 18.9 Å². The van der Waals surface area contributed by atoms with Crippen LogP contribution in [0.25, 0.3) is 0 Å². The van der Waals surface area contributed by atoms with Crippen molar-refractivity contribution in [2.24, 2.45) is 15.7 Å². The molecule has 0 aliphatic heterocycles. The monoisotopic (exact) mass is 177 g/mol. The van der Waals surface area contributed by atoms with E-state index in [-0.39, 0.29) is 15.9 Å². The number of nitrogens with zero attached hydrogens (tertiary/aromatic N) is 2. The highest BCUT2D eigenvalue weighted by Gasteiger charge is 2.00. The average Bonchev–Trinajstić information content (AvgIpc) is 2.00. The molecule has 0 fully saturated rings. The Balaban J connectivity index is 4.63. The molecule has 2 N–H and O–H groups in total. The minimum absolute atomic E-state index is 0.192. The summed E-state index contributed by atoms with van der Waals surface area (Å²) in [7, 11) is 1.53. The van der Waals surface area contributed by atoms with Gasteiger partial charge < -0.3 is 5.73 Å². The van der Waals surface area contributed by atoms with Crippen LogP contribution in [0, 0.1) is 0 Å². The maximum Gasteiger partial charge on any atom is 0.149 e. The first-order valence-electron chi connectivity index (χ1n) is 2.41. The lowest BCUT2D eigenvalue weighted by Crippen LogP contribution is -2.06. The summed E-state index contributed by atoms with van der Waals surface area (Å²) in [5.74, 6) is 0. The Morgan fingerprint density at radius 1 is 1.70 bits per heavy atom. The molecule has 56 valence electrons. The van der Waals surface area contributed by atoms with Crippen molar-refractivity contribution in [3.63, 3.8) is 0 Å². The van der Waals surface area contributed by atoms with Crippen LogP contribution in [0.1, 0.15) is 0 Å². The van der Waals surface area contributed by atoms with Gasteiger partial charge in [-0.15, -0.1) is 12.6 Å². The maximum atomic E-state index is 5.52. The van der Waals surface area contributed by atoms with Gasteiger partial charge in [0.2, 0.25) is 0 Å². The lowest BCUT2D eigenvalue weighted by Gasteiger charge is -1.97. The number of halogens is 1. The van der Waals surface area contributed by atoms with Crippen LogP contribution >= 0.6 is 24.2 Å². The molecule has 0 aromatic rings. The summed E-state index contributed by atoms with van der Waals surface area (Å²) in [6.07, 6.45) is 0. The van der Waals surface area contributed by atoms with Crippen molar-refractivity contribution in [1.29, 1.82) is 0 Å². The molecule has 0 spiro atoms. The average molecular weight is 178 g/mol. The second-order valence-electron chi connectivity index (χ2n) is 1.41. The van der Waals surface area contributed by atoms with E-state index < -0.39 is 0 Å². The van der Waals surface area contributed by atoms with Crippen molar-refractivity contribution >= 4 is 36.1 Å². The van der Waals surface area contributed by atoms with Gasteiger partial charge in [0.15, 0.2) is 0 Å². The Morgan fingerprint density at radius 2 is 2.20 bits per heavy atom. The second kappa shape index (κ2) is 4.35. The molecule has 0 heterocycles. The summed E-state index contributed by atoms with van der Waals surface area (Å²) in [5.41, 5.74) is 5.63. The number of allylic oxidation sites excluding steroid dienone is 1. The molecule has 0 unspecified atom stereocenters. The Labute approximate surface area is 70.1 Å². The second-order valence-corrected chi connectivity index (χ2v) is 2.19.